The third kappa shape index (κ3) is 3.61. The van der Waals surface area contributed by atoms with E-state index in [0.717, 1.165) is 13.0 Å². The summed E-state index contributed by atoms with van der Waals surface area (Å²) in [7, 11) is 3.14. The minimum absolute atomic E-state index is 0.106. The zero-order valence-corrected chi connectivity index (χ0v) is 11.4. The molecule has 1 saturated heterocycles. The van der Waals surface area contributed by atoms with E-state index >= 15 is 0 Å². The van der Waals surface area contributed by atoms with Gasteiger partial charge in [-0.2, -0.15) is 0 Å². The summed E-state index contributed by atoms with van der Waals surface area (Å²) in [6, 6.07) is 5.55. The topological polar surface area (TPSA) is 59.6 Å². The van der Waals surface area contributed by atoms with Gasteiger partial charge in [-0.25, -0.2) is 0 Å². The predicted molar refractivity (Wildman–Crippen MR) is 72.9 cm³/mol. The Hall–Kier alpha value is -1.75. The van der Waals surface area contributed by atoms with E-state index in [0.29, 0.717) is 29.6 Å². The Labute approximate surface area is 113 Å². The van der Waals surface area contributed by atoms with Crippen molar-refractivity contribution in [1.29, 1.82) is 0 Å². The lowest BCUT2D eigenvalue weighted by molar-refractivity contribution is 0.0949. The van der Waals surface area contributed by atoms with Crippen LogP contribution in [0.3, 0.4) is 0 Å². The minimum Gasteiger partial charge on any atom is -0.497 e. The van der Waals surface area contributed by atoms with Crippen molar-refractivity contribution in [2.75, 3.05) is 27.3 Å². The Kier molecular flexibility index (Phi) is 4.63. The zero-order valence-electron chi connectivity index (χ0n) is 11.4. The van der Waals surface area contributed by atoms with Crippen LogP contribution in [0.1, 0.15) is 23.2 Å². The van der Waals surface area contributed by atoms with Crippen molar-refractivity contribution in [3.8, 4) is 11.5 Å². The van der Waals surface area contributed by atoms with E-state index in [-0.39, 0.29) is 5.91 Å². The third-order valence-electron chi connectivity index (χ3n) is 3.29. The van der Waals surface area contributed by atoms with Gasteiger partial charge in [0, 0.05) is 24.2 Å². The monoisotopic (exact) mass is 264 g/mol. The number of ether oxygens (including phenoxy) is 2. The van der Waals surface area contributed by atoms with Gasteiger partial charge >= 0.3 is 0 Å². The lowest BCUT2D eigenvalue weighted by Crippen LogP contribution is -2.37. The maximum Gasteiger partial charge on any atom is 0.251 e. The number of hydrogen-bond acceptors (Lipinski definition) is 4. The molecule has 5 heteroatoms. The second-order valence-corrected chi connectivity index (χ2v) is 4.60. The summed E-state index contributed by atoms with van der Waals surface area (Å²) in [6.07, 6.45) is 2.29. The standard InChI is InChI=1S/C14H20N2O3/c1-18-12-6-10(7-13(8-12)19-2)14(17)16-9-11-4-3-5-15-11/h6-8,11,15H,3-5,9H2,1-2H3,(H,16,17). The fourth-order valence-corrected chi connectivity index (χ4v) is 2.19. The number of carbonyl (C=O) groups is 1. The maximum absolute atomic E-state index is 12.1. The van der Waals surface area contributed by atoms with Crippen molar-refractivity contribution in [3.05, 3.63) is 23.8 Å². The number of methoxy groups -OCH3 is 2. The summed E-state index contributed by atoms with van der Waals surface area (Å²) in [4.78, 5) is 12.1. The molecule has 0 saturated carbocycles. The molecule has 0 radical (unpaired) electrons. The smallest absolute Gasteiger partial charge is 0.251 e. The van der Waals surface area contributed by atoms with E-state index in [2.05, 4.69) is 10.6 Å². The summed E-state index contributed by atoms with van der Waals surface area (Å²) in [5.41, 5.74) is 0.550. The molecule has 0 bridgehead atoms. The lowest BCUT2D eigenvalue weighted by Gasteiger charge is -2.12. The van der Waals surface area contributed by atoms with Gasteiger partial charge < -0.3 is 20.1 Å². The van der Waals surface area contributed by atoms with E-state index in [1.807, 2.05) is 0 Å². The molecule has 1 aromatic rings. The number of rotatable bonds is 5. The fraction of sp³-hybridized carbons (Fsp3) is 0.500. The van der Waals surface area contributed by atoms with Crippen LogP contribution in [-0.4, -0.2) is 39.3 Å². The fourth-order valence-electron chi connectivity index (χ4n) is 2.19. The average Bonchev–Trinajstić information content (AvgIpc) is 2.97. The summed E-state index contributed by atoms with van der Waals surface area (Å²) in [5.74, 6) is 1.12. The van der Waals surface area contributed by atoms with Gasteiger partial charge in [0.05, 0.1) is 14.2 Å². The molecule has 1 aliphatic heterocycles. The van der Waals surface area contributed by atoms with Crippen LogP contribution in [0.2, 0.25) is 0 Å². The Balaban J connectivity index is 2.00. The normalized spacial score (nSPS) is 18.1. The summed E-state index contributed by atoms with van der Waals surface area (Å²) in [6.45, 7) is 1.69. The molecule has 2 rings (SSSR count). The van der Waals surface area contributed by atoms with E-state index in [1.165, 1.54) is 6.42 Å². The molecule has 0 spiro atoms. The van der Waals surface area contributed by atoms with Gasteiger partial charge in [-0.05, 0) is 31.5 Å². The predicted octanol–water partition coefficient (Wildman–Crippen LogP) is 1.19. The number of hydrogen-bond donors (Lipinski definition) is 2. The number of carbonyl (C=O) groups excluding carboxylic acids is 1. The zero-order chi connectivity index (χ0) is 13.7. The maximum atomic E-state index is 12.1. The van der Waals surface area contributed by atoms with Gasteiger partial charge in [0.25, 0.3) is 5.91 Å². The van der Waals surface area contributed by atoms with E-state index in [9.17, 15) is 4.79 Å². The molecule has 19 heavy (non-hydrogen) atoms. The highest BCUT2D eigenvalue weighted by molar-refractivity contribution is 5.95. The molecule has 1 fully saturated rings. The van der Waals surface area contributed by atoms with Crippen LogP contribution < -0.4 is 20.1 Å². The molecule has 1 heterocycles. The number of benzene rings is 1. The molecule has 0 aromatic heterocycles. The van der Waals surface area contributed by atoms with Gasteiger partial charge in [0.2, 0.25) is 0 Å². The molecule has 0 aliphatic carbocycles. The van der Waals surface area contributed by atoms with Gasteiger partial charge in [0.15, 0.2) is 0 Å². The van der Waals surface area contributed by atoms with Gasteiger partial charge in [-0.3, -0.25) is 4.79 Å². The summed E-state index contributed by atoms with van der Waals surface area (Å²) >= 11 is 0. The van der Waals surface area contributed by atoms with Crippen molar-refractivity contribution in [3.63, 3.8) is 0 Å². The van der Waals surface area contributed by atoms with Crippen molar-refractivity contribution < 1.29 is 14.3 Å². The van der Waals surface area contributed by atoms with Crippen LogP contribution in [0.4, 0.5) is 0 Å². The van der Waals surface area contributed by atoms with E-state index < -0.39 is 0 Å². The third-order valence-corrected chi connectivity index (χ3v) is 3.29. The molecular weight excluding hydrogens is 244 g/mol. The van der Waals surface area contributed by atoms with Crippen LogP contribution in [0, 0.1) is 0 Å². The molecule has 5 nitrogen and oxygen atoms in total. The quantitative estimate of drug-likeness (QED) is 0.838. The molecule has 104 valence electrons. The van der Waals surface area contributed by atoms with Crippen molar-refractivity contribution >= 4 is 5.91 Å². The minimum atomic E-state index is -0.106. The van der Waals surface area contributed by atoms with Gasteiger partial charge in [-0.1, -0.05) is 0 Å². The largest absolute Gasteiger partial charge is 0.497 e. The van der Waals surface area contributed by atoms with Crippen molar-refractivity contribution in [2.45, 2.75) is 18.9 Å². The second-order valence-electron chi connectivity index (χ2n) is 4.60. The number of amides is 1. The first-order valence-corrected chi connectivity index (χ1v) is 6.47. The highest BCUT2D eigenvalue weighted by Gasteiger charge is 2.16. The molecule has 1 aromatic carbocycles. The van der Waals surface area contributed by atoms with Gasteiger partial charge in [0.1, 0.15) is 11.5 Å². The van der Waals surface area contributed by atoms with E-state index in [4.69, 9.17) is 9.47 Å². The van der Waals surface area contributed by atoms with E-state index in [1.54, 1.807) is 32.4 Å². The first kappa shape index (κ1) is 13.7. The molecule has 1 amide bonds. The second kappa shape index (κ2) is 6.43. The molecule has 1 unspecified atom stereocenters. The Morgan fingerprint density at radius 2 is 2.00 bits per heavy atom. The number of nitrogens with one attached hydrogen (secondary N) is 2. The summed E-state index contributed by atoms with van der Waals surface area (Å²) in [5, 5.41) is 6.28. The Morgan fingerprint density at radius 1 is 1.32 bits per heavy atom. The van der Waals surface area contributed by atoms with Crippen LogP contribution in [0.5, 0.6) is 11.5 Å². The van der Waals surface area contributed by atoms with Crippen LogP contribution >= 0.6 is 0 Å². The lowest BCUT2D eigenvalue weighted by atomic mass is 10.1. The van der Waals surface area contributed by atoms with Crippen LogP contribution in [-0.2, 0) is 0 Å². The molecule has 1 atom stereocenters. The first-order valence-electron chi connectivity index (χ1n) is 6.47. The van der Waals surface area contributed by atoms with Gasteiger partial charge in [-0.15, -0.1) is 0 Å². The van der Waals surface area contributed by atoms with Crippen molar-refractivity contribution in [1.82, 2.24) is 10.6 Å². The van der Waals surface area contributed by atoms with Crippen LogP contribution in [0.25, 0.3) is 0 Å². The SMILES string of the molecule is COc1cc(OC)cc(C(=O)NCC2CCCN2)c1. The summed E-state index contributed by atoms with van der Waals surface area (Å²) < 4.78 is 10.3. The molecule has 1 aliphatic rings. The molecule has 2 N–H and O–H groups in total. The van der Waals surface area contributed by atoms with Crippen molar-refractivity contribution in [2.24, 2.45) is 0 Å². The highest BCUT2D eigenvalue weighted by Crippen LogP contribution is 2.22. The van der Waals surface area contributed by atoms with Crippen LogP contribution in [0.15, 0.2) is 18.2 Å². The Bertz CT molecular complexity index is 420. The molecular formula is C14H20N2O3. The average molecular weight is 264 g/mol. The first-order chi connectivity index (χ1) is 9.22. The Morgan fingerprint density at radius 3 is 2.53 bits per heavy atom. The highest BCUT2D eigenvalue weighted by atomic mass is 16.5.